The maximum Gasteiger partial charge on any atom is 0.251 e. The van der Waals surface area contributed by atoms with Crippen LogP contribution in [0.1, 0.15) is 36.7 Å². The number of aliphatic hydroxyl groups is 2. The number of hydrogen-bond acceptors (Lipinski definition) is 8. The number of likely N-dealkylation sites (N-methyl/N-ethyl adjacent to an activating group) is 1. The lowest BCUT2D eigenvalue weighted by atomic mass is 10.1. The summed E-state index contributed by atoms with van der Waals surface area (Å²) in [4.78, 5) is 35.9. The highest BCUT2D eigenvalue weighted by atomic mass is 31.2. The lowest BCUT2D eigenvalue weighted by Gasteiger charge is -2.28. The van der Waals surface area contributed by atoms with Crippen molar-refractivity contribution in [3.63, 3.8) is 0 Å². The Morgan fingerprint density at radius 1 is 1.09 bits per heavy atom. The molecule has 11 heteroatoms. The van der Waals surface area contributed by atoms with Crippen molar-refractivity contribution in [2.45, 2.75) is 39.5 Å². The molecule has 1 aromatic rings. The van der Waals surface area contributed by atoms with E-state index in [0.29, 0.717) is 25.2 Å². The Morgan fingerprint density at radius 2 is 1.72 bits per heavy atom. The Bertz CT molecular complexity index is 711. The molecule has 1 aromatic carbocycles. The first-order valence-corrected chi connectivity index (χ1v) is 12.7. The van der Waals surface area contributed by atoms with E-state index in [1.807, 2.05) is 12.1 Å². The molecule has 0 spiro atoms. The summed E-state index contributed by atoms with van der Waals surface area (Å²) in [6.45, 7) is 11.3. The smallest absolute Gasteiger partial charge is 0.251 e. The van der Waals surface area contributed by atoms with Gasteiger partial charge in [0.1, 0.15) is 0 Å². The molecule has 0 aliphatic carbocycles. The van der Waals surface area contributed by atoms with Crippen LogP contribution in [0, 0.1) is 0 Å². The zero-order valence-corrected chi connectivity index (χ0v) is 20.1. The Labute approximate surface area is 190 Å². The van der Waals surface area contributed by atoms with Gasteiger partial charge in [-0.3, -0.25) is 14.6 Å². The molecule has 0 bridgehead atoms. The van der Waals surface area contributed by atoms with Gasteiger partial charge >= 0.3 is 0 Å². The minimum atomic E-state index is -4.53. The van der Waals surface area contributed by atoms with E-state index in [-0.39, 0.29) is 0 Å². The van der Waals surface area contributed by atoms with Crippen LogP contribution in [0.4, 0.5) is 0 Å². The standard InChI is InChI=1S/C21H39N4O6P/c1-4-24(11-12-25(14-18(3)27)10-9-22-13-17(2)26)15-19-5-7-20(8-6-19)21(28)23-16-32(29,30)31/h5-8,17-18,22,26-27H,4,9-16H2,1-3H3,(H,23,28)(H2,29,30,31)/p-1/t17-,18-/m0/s1. The van der Waals surface area contributed by atoms with Gasteiger partial charge in [-0.05, 0) is 38.1 Å². The van der Waals surface area contributed by atoms with Gasteiger partial charge in [0.15, 0.2) is 7.60 Å². The van der Waals surface area contributed by atoms with Crippen LogP contribution in [0.15, 0.2) is 24.3 Å². The van der Waals surface area contributed by atoms with Crippen molar-refractivity contribution in [3.8, 4) is 0 Å². The molecule has 0 saturated heterocycles. The first-order chi connectivity index (χ1) is 15.0. The quantitative estimate of drug-likeness (QED) is 0.157. The van der Waals surface area contributed by atoms with E-state index in [0.717, 1.165) is 38.3 Å². The number of nitrogens with one attached hydrogen (secondary N) is 2. The number of aliphatic hydroxyl groups excluding tert-OH is 2. The van der Waals surface area contributed by atoms with Gasteiger partial charge in [0, 0.05) is 51.4 Å². The van der Waals surface area contributed by atoms with Crippen LogP contribution >= 0.6 is 7.60 Å². The summed E-state index contributed by atoms with van der Waals surface area (Å²) in [7, 11) is -4.53. The summed E-state index contributed by atoms with van der Waals surface area (Å²) in [6.07, 6.45) is -1.62. The summed E-state index contributed by atoms with van der Waals surface area (Å²) < 4.78 is 10.8. The molecule has 3 atom stereocenters. The van der Waals surface area contributed by atoms with Gasteiger partial charge < -0.3 is 35.2 Å². The fraction of sp³-hybridized carbons (Fsp3) is 0.667. The van der Waals surface area contributed by atoms with Crippen molar-refractivity contribution < 1.29 is 29.4 Å². The molecule has 0 heterocycles. The van der Waals surface area contributed by atoms with Gasteiger partial charge in [0.25, 0.3) is 5.91 Å². The molecule has 184 valence electrons. The van der Waals surface area contributed by atoms with E-state index >= 15 is 0 Å². The highest BCUT2D eigenvalue weighted by molar-refractivity contribution is 7.50. The van der Waals surface area contributed by atoms with Crippen molar-refractivity contribution in [1.29, 1.82) is 0 Å². The Kier molecular flexibility index (Phi) is 13.2. The minimum absolute atomic E-state index is 0.318. The molecule has 0 fully saturated rings. The summed E-state index contributed by atoms with van der Waals surface area (Å²) >= 11 is 0. The summed E-state index contributed by atoms with van der Waals surface area (Å²) in [5, 5.41) is 24.5. The predicted octanol–water partition coefficient (Wildman–Crippen LogP) is -0.605. The first kappa shape index (κ1) is 28.7. The molecule has 5 N–H and O–H groups in total. The second-order valence-corrected chi connectivity index (χ2v) is 9.66. The van der Waals surface area contributed by atoms with Crippen molar-refractivity contribution in [1.82, 2.24) is 20.4 Å². The van der Waals surface area contributed by atoms with Gasteiger partial charge in [-0.15, -0.1) is 0 Å². The number of rotatable bonds is 16. The summed E-state index contributed by atoms with van der Waals surface area (Å²) in [5.74, 6) is -0.563. The van der Waals surface area contributed by atoms with Crippen LogP contribution in [-0.2, 0) is 11.1 Å². The minimum Gasteiger partial charge on any atom is -0.777 e. The van der Waals surface area contributed by atoms with Crippen LogP contribution in [0.2, 0.25) is 0 Å². The van der Waals surface area contributed by atoms with Crippen molar-refractivity contribution in [2.24, 2.45) is 0 Å². The Hall–Kier alpha value is -1.36. The molecular formula is C21H38N4O6P-. The average molecular weight is 474 g/mol. The number of nitrogens with zero attached hydrogens (tertiary/aromatic N) is 2. The van der Waals surface area contributed by atoms with E-state index in [2.05, 4.69) is 27.4 Å². The van der Waals surface area contributed by atoms with Gasteiger partial charge in [0.05, 0.1) is 18.5 Å². The van der Waals surface area contributed by atoms with E-state index in [9.17, 15) is 24.5 Å². The highest BCUT2D eigenvalue weighted by Gasteiger charge is 2.12. The Balaban J connectivity index is 2.56. The van der Waals surface area contributed by atoms with E-state index in [4.69, 9.17) is 4.89 Å². The molecule has 1 amide bonds. The van der Waals surface area contributed by atoms with E-state index in [1.54, 1.807) is 26.0 Å². The summed E-state index contributed by atoms with van der Waals surface area (Å²) in [5.41, 5.74) is 1.33. The van der Waals surface area contributed by atoms with E-state index < -0.39 is 32.0 Å². The fourth-order valence-electron chi connectivity index (χ4n) is 3.14. The maximum atomic E-state index is 12.0. The average Bonchev–Trinajstić information content (AvgIpc) is 2.71. The molecule has 0 aliphatic rings. The van der Waals surface area contributed by atoms with Crippen LogP contribution in [0.5, 0.6) is 0 Å². The number of amides is 1. The molecular weight excluding hydrogens is 435 g/mol. The number of benzene rings is 1. The normalized spacial score (nSPS) is 15.5. The van der Waals surface area contributed by atoms with Crippen molar-refractivity contribution in [2.75, 3.05) is 52.1 Å². The van der Waals surface area contributed by atoms with Crippen LogP contribution in [0.25, 0.3) is 0 Å². The summed E-state index contributed by atoms with van der Waals surface area (Å²) in [6, 6.07) is 6.89. The van der Waals surface area contributed by atoms with Crippen molar-refractivity contribution in [3.05, 3.63) is 35.4 Å². The first-order valence-electron chi connectivity index (χ1n) is 10.9. The lowest BCUT2D eigenvalue weighted by Crippen LogP contribution is -2.42. The van der Waals surface area contributed by atoms with Gasteiger partial charge in [-0.1, -0.05) is 19.1 Å². The molecule has 0 aromatic heterocycles. The molecule has 1 unspecified atom stereocenters. The zero-order chi connectivity index (χ0) is 24.1. The molecule has 32 heavy (non-hydrogen) atoms. The third-order valence-electron chi connectivity index (χ3n) is 4.81. The zero-order valence-electron chi connectivity index (χ0n) is 19.2. The second kappa shape index (κ2) is 14.7. The molecule has 0 saturated carbocycles. The second-order valence-electron chi connectivity index (χ2n) is 8.07. The lowest BCUT2D eigenvalue weighted by molar-refractivity contribution is -0.193. The highest BCUT2D eigenvalue weighted by Crippen LogP contribution is 2.26. The largest absolute Gasteiger partial charge is 0.777 e. The number of carbonyl (C=O) groups is 1. The molecule has 10 nitrogen and oxygen atoms in total. The van der Waals surface area contributed by atoms with Gasteiger partial charge in [-0.2, -0.15) is 0 Å². The van der Waals surface area contributed by atoms with Crippen molar-refractivity contribution >= 4 is 13.5 Å². The van der Waals surface area contributed by atoms with Gasteiger partial charge in [-0.25, -0.2) is 0 Å². The maximum absolute atomic E-state index is 12.0. The van der Waals surface area contributed by atoms with Crippen LogP contribution in [0.3, 0.4) is 0 Å². The molecule has 0 radical (unpaired) electrons. The van der Waals surface area contributed by atoms with E-state index in [1.165, 1.54) is 0 Å². The third-order valence-corrected chi connectivity index (χ3v) is 5.37. The predicted molar refractivity (Wildman–Crippen MR) is 122 cm³/mol. The van der Waals surface area contributed by atoms with Crippen LogP contribution in [-0.4, -0.2) is 95.1 Å². The number of carbonyl (C=O) groups excluding carboxylic acids is 1. The Morgan fingerprint density at radius 3 is 2.25 bits per heavy atom. The van der Waals surface area contributed by atoms with Gasteiger partial charge in [0.2, 0.25) is 0 Å². The SMILES string of the molecule is CCN(CCN(CCNC[C@H](C)O)C[C@H](C)O)Cc1ccc(C(=O)NCP(=O)([O-])O)cc1. The topological polar surface area (TPSA) is 148 Å². The number of hydrogen-bond donors (Lipinski definition) is 5. The molecule has 1 rings (SSSR count). The fourth-order valence-corrected chi connectivity index (χ4v) is 3.48. The monoisotopic (exact) mass is 473 g/mol. The third kappa shape index (κ3) is 13.2. The molecule has 0 aliphatic heterocycles. The van der Waals surface area contributed by atoms with Crippen LogP contribution < -0.4 is 15.5 Å².